The van der Waals surface area contributed by atoms with E-state index in [9.17, 15) is 0 Å². The second kappa shape index (κ2) is 5.97. The lowest BCUT2D eigenvalue weighted by atomic mass is 9.98. The average Bonchev–Trinajstić information content (AvgIpc) is 2.26. The number of nitrogens with zero attached hydrogens (tertiary/aromatic N) is 1. The summed E-state index contributed by atoms with van der Waals surface area (Å²) in [6, 6.07) is 10.7. The third-order valence-corrected chi connectivity index (χ3v) is 3.18. The van der Waals surface area contributed by atoms with Gasteiger partial charge in [-0.05, 0) is 26.5 Å². The summed E-state index contributed by atoms with van der Waals surface area (Å²) in [6.45, 7) is 5.21. The Bertz CT molecular complexity index is 335. The summed E-state index contributed by atoms with van der Waals surface area (Å²) in [7, 11) is 2.10. The van der Waals surface area contributed by atoms with Crippen LogP contribution in [0.2, 0.25) is 0 Å². The molecule has 0 radical (unpaired) electrons. The fourth-order valence-electron chi connectivity index (χ4n) is 1.54. The maximum Gasteiger partial charge on any atom is 0.0816 e. The van der Waals surface area contributed by atoms with Gasteiger partial charge < -0.3 is 10.6 Å². The van der Waals surface area contributed by atoms with Crippen molar-refractivity contribution in [2.75, 3.05) is 13.6 Å². The number of thiocarbonyl (C=S) groups is 1. The highest BCUT2D eigenvalue weighted by atomic mass is 32.1. The van der Waals surface area contributed by atoms with Crippen LogP contribution in [0.5, 0.6) is 0 Å². The summed E-state index contributed by atoms with van der Waals surface area (Å²) in [5, 5.41) is 0. The van der Waals surface area contributed by atoms with Crippen LogP contribution in [0.15, 0.2) is 30.3 Å². The van der Waals surface area contributed by atoms with Crippen molar-refractivity contribution in [1.82, 2.24) is 4.90 Å². The van der Waals surface area contributed by atoms with Crippen molar-refractivity contribution in [1.29, 1.82) is 0 Å². The van der Waals surface area contributed by atoms with Crippen molar-refractivity contribution in [2.45, 2.75) is 25.8 Å². The molecule has 0 spiro atoms. The van der Waals surface area contributed by atoms with Gasteiger partial charge >= 0.3 is 0 Å². The number of hydrogen-bond donors (Lipinski definition) is 1. The molecule has 0 saturated carbocycles. The third-order valence-electron chi connectivity index (χ3n) is 2.90. The zero-order valence-corrected chi connectivity index (χ0v) is 11.0. The first-order chi connectivity index (χ1) is 7.52. The van der Waals surface area contributed by atoms with E-state index >= 15 is 0 Å². The summed E-state index contributed by atoms with van der Waals surface area (Å²) >= 11 is 5.16. The van der Waals surface area contributed by atoms with Gasteiger partial charge in [-0.1, -0.05) is 42.5 Å². The molecule has 1 atom stereocenters. The van der Waals surface area contributed by atoms with E-state index in [1.165, 1.54) is 5.56 Å². The van der Waals surface area contributed by atoms with Gasteiger partial charge in [-0.3, -0.25) is 0 Å². The molecule has 0 heterocycles. The SMILES string of the molecule is CC(C)N(C)CC(C(N)=S)c1ccccc1. The standard InChI is InChI=1S/C13H20N2S/c1-10(2)15(3)9-12(13(14)16)11-7-5-4-6-8-11/h4-8,10,12H,9H2,1-3H3,(H2,14,16). The van der Waals surface area contributed by atoms with Crippen molar-refractivity contribution in [3.63, 3.8) is 0 Å². The average molecular weight is 236 g/mol. The van der Waals surface area contributed by atoms with Crippen molar-refractivity contribution >= 4 is 17.2 Å². The Balaban J connectivity index is 2.81. The second-order valence-electron chi connectivity index (χ2n) is 4.40. The number of benzene rings is 1. The van der Waals surface area contributed by atoms with Gasteiger partial charge in [0.1, 0.15) is 0 Å². The van der Waals surface area contributed by atoms with Crippen LogP contribution in [0.4, 0.5) is 0 Å². The molecular formula is C13H20N2S. The maximum absolute atomic E-state index is 5.82. The summed E-state index contributed by atoms with van der Waals surface area (Å²) < 4.78 is 0. The molecule has 0 saturated heterocycles. The van der Waals surface area contributed by atoms with E-state index in [4.69, 9.17) is 18.0 Å². The normalized spacial score (nSPS) is 13.1. The lowest BCUT2D eigenvalue weighted by Gasteiger charge is -2.26. The summed E-state index contributed by atoms with van der Waals surface area (Å²) in [6.07, 6.45) is 0. The van der Waals surface area contributed by atoms with Gasteiger partial charge in [0.05, 0.1) is 4.99 Å². The minimum atomic E-state index is 0.142. The predicted octanol–water partition coefficient (Wildman–Crippen LogP) is 2.40. The van der Waals surface area contributed by atoms with Gasteiger partial charge in [0, 0.05) is 18.5 Å². The Kier molecular flexibility index (Phi) is 4.90. The Morgan fingerprint density at radius 1 is 1.31 bits per heavy atom. The summed E-state index contributed by atoms with van der Waals surface area (Å²) in [5.41, 5.74) is 7.02. The highest BCUT2D eigenvalue weighted by Crippen LogP contribution is 2.17. The van der Waals surface area contributed by atoms with Crippen molar-refractivity contribution in [2.24, 2.45) is 5.73 Å². The van der Waals surface area contributed by atoms with Gasteiger partial charge in [0.15, 0.2) is 0 Å². The van der Waals surface area contributed by atoms with E-state index in [0.29, 0.717) is 11.0 Å². The molecule has 1 rings (SSSR count). The Hall–Kier alpha value is -0.930. The largest absolute Gasteiger partial charge is 0.393 e. The highest BCUT2D eigenvalue weighted by Gasteiger charge is 2.17. The predicted molar refractivity (Wildman–Crippen MR) is 73.7 cm³/mol. The molecular weight excluding hydrogens is 216 g/mol. The van der Waals surface area contributed by atoms with E-state index in [0.717, 1.165) is 6.54 Å². The van der Waals surface area contributed by atoms with Crippen molar-refractivity contribution < 1.29 is 0 Å². The Morgan fingerprint density at radius 3 is 2.31 bits per heavy atom. The first kappa shape index (κ1) is 13.1. The number of hydrogen-bond acceptors (Lipinski definition) is 2. The van der Waals surface area contributed by atoms with E-state index in [1.807, 2.05) is 18.2 Å². The molecule has 16 heavy (non-hydrogen) atoms. The highest BCUT2D eigenvalue weighted by molar-refractivity contribution is 7.80. The molecule has 0 fully saturated rings. The second-order valence-corrected chi connectivity index (χ2v) is 4.87. The smallest absolute Gasteiger partial charge is 0.0816 e. The van der Waals surface area contributed by atoms with Crippen LogP contribution in [-0.4, -0.2) is 29.5 Å². The zero-order chi connectivity index (χ0) is 12.1. The summed E-state index contributed by atoms with van der Waals surface area (Å²) in [4.78, 5) is 2.83. The van der Waals surface area contributed by atoms with Crippen molar-refractivity contribution in [3.05, 3.63) is 35.9 Å². The van der Waals surface area contributed by atoms with Crippen molar-refractivity contribution in [3.8, 4) is 0 Å². The van der Waals surface area contributed by atoms with Crippen LogP contribution >= 0.6 is 12.2 Å². The molecule has 0 aromatic heterocycles. The quantitative estimate of drug-likeness (QED) is 0.796. The van der Waals surface area contributed by atoms with E-state index in [1.54, 1.807) is 0 Å². The van der Waals surface area contributed by atoms with Gasteiger partial charge in [0.25, 0.3) is 0 Å². The van der Waals surface area contributed by atoms with Crippen LogP contribution in [-0.2, 0) is 0 Å². The monoisotopic (exact) mass is 236 g/mol. The number of nitrogens with two attached hydrogens (primary N) is 1. The van der Waals surface area contributed by atoms with Gasteiger partial charge in [0.2, 0.25) is 0 Å². The molecule has 1 aromatic rings. The topological polar surface area (TPSA) is 29.3 Å². The van der Waals surface area contributed by atoms with Gasteiger partial charge in [-0.2, -0.15) is 0 Å². The van der Waals surface area contributed by atoms with Crippen LogP contribution in [0.1, 0.15) is 25.3 Å². The molecule has 1 aromatic carbocycles. The number of rotatable bonds is 5. The zero-order valence-electron chi connectivity index (χ0n) is 10.2. The van der Waals surface area contributed by atoms with Crippen LogP contribution in [0.25, 0.3) is 0 Å². The lowest BCUT2D eigenvalue weighted by Crippen LogP contribution is -2.35. The molecule has 2 nitrogen and oxygen atoms in total. The Labute approximate surface area is 103 Å². The van der Waals surface area contributed by atoms with E-state index in [2.05, 4.69) is 37.9 Å². The minimum absolute atomic E-state index is 0.142. The fraction of sp³-hybridized carbons (Fsp3) is 0.462. The first-order valence-electron chi connectivity index (χ1n) is 5.57. The van der Waals surface area contributed by atoms with E-state index in [-0.39, 0.29) is 5.92 Å². The lowest BCUT2D eigenvalue weighted by molar-refractivity contribution is 0.271. The van der Waals surface area contributed by atoms with Crippen LogP contribution < -0.4 is 5.73 Å². The molecule has 0 aliphatic rings. The molecule has 0 aliphatic heterocycles. The minimum Gasteiger partial charge on any atom is -0.393 e. The molecule has 3 heteroatoms. The van der Waals surface area contributed by atoms with Crippen LogP contribution in [0.3, 0.4) is 0 Å². The molecule has 0 amide bonds. The molecule has 88 valence electrons. The van der Waals surface area contributed by atoms with Gasteiger partial charge in [-0.15, -0.1) is 0 Å². The van der Waals surface area contributed by atoms with Crippen LogP contribution in [0, 0.1) is 0 Å². The first-order valence-corrected chi connectivity index (χ1v) is 5.97. The van der Waals surface area contributed by atoms with Gasteiger partial charge in [-0.25, -0.2) is 0 Å². The molecule has 2 N–H and O–H groups in total. The molecule has 1 unspecified atom stereocenters. The maximum atomic E-state index is 5.82. The summed E-state index contributed by atoms with van der Waals surface area (Å²) in [5.74, 6) is 0.142. The van der Waals surface area contributed by atoms with E-state index < -0.39 is 0 Å². The molecule has 0 bridgehead atoms. The molecule has 0 aliphatic carbocycles. The third kappa shape index (κ3) is 3.58. The fourth-order valence-corrected chi connectivity index (χ4v) is 1.75. The Morgan fingerprint density at radius 2 is 1.88 bits per heavy atom. The number of likely N-dealkylation sites (N-methyl/N-ethyl adjacent to an activating group) is 1.